The molecule has 1 aliphatic heterocycles. The number of rotatable bonds is 3. The number of hydrogen-bond donors (Lipinski definition) is 0. The van der Waals surface area contributed by atoms with Gasteiger partial charge in [0.1, 0.15) is 10.6 Å². The van der Waals surface area contributed by atoms with E-state index in [0.717, 1.165) is 16.4 Å². The van der Waals surface area contributed by atoms with Gasteiger partial charge in [0.05, 0.1) is 10.6 Å². The number of halogens is 4. The first kappa shape index (κ1) is 20.7. The van der Waals surface area contributed by atoms with Gasteiger partial charge in [0.15, 0.2) is 0 Å². The van der Waals surface area contributed by atoms with Gasteiger partial charge in [-0.05, 0) is 30.3 Å². The van der Waals surface area contributed by atoms with Crippen molar-refractivity contribution in [2.45, 2.75) is 11.1 Å². The molecule has 1 aromatic heterocycles. The molecule has 152 valence electrons. The summed E-state index contributed by atoms with van der Waals surface area (Å²) in [4.78, 5) is 13.4. The van der Waals surface area contributed by atoms with Gasteiger partial charge in [-0.1, -0.05) is 11.6 Å². The number of hydrogen-bond acceptors (Lipinski definition) is 3. The van der Waals surface area contributed by atoms with Crippen LogP contribution in [-0.4, -0.2) is 54.3 Å². The SMILES string of the molecule is Cn1cccc1C(=O)N1CCN(S(=O)(=O)c2cc(C(F)(F)F)ccc2Cl)CC1. The predicted molar refractivity (Wildman–Crippen MR) is 96.5 cm³/mol. The van der Waals surface area contributed by atoms with Gasteiger partial charge in [-0.25, -0.2) is 8.42 Å². The Balaban J connectivity index is 1.79. The van der Waals surface area contributed by atoms with E-state index in [-0.39, 0.29) is 37.1 Å². The van der Waals surface area contributed by atoms with Crippen molar-refractivity contribution in [3.05, 3.63) is 52.8 Å². The molecule has 1 aliphatic rings. The van der Waals surface area contributed by atoms with E-state index >= 15 is 0 Å². The van der Waals surface area contributed by atoms with Gasteiger partial charge in [-0.2, -0.15) is 17.5 Å². The summed E-state index contributed by atoms with van der Waals surface area (Å²) in [6.45, 7) is 0.176. The topological polar surface area (TPSA) is 62.6 Å². The van der Waals surface area contributed by atoms with Crippen molar-refractivity contribution in [3.8, 4) is 0 Å². The number of carbonyl (C=O) groups excluding carboxylic acids is 1. The average molecular weight is 436 g/mol. The molecule has 3 rings (SSSR count). The summed E-state index contributed by atoms with van der Waals surface area (Å²) in [5, 5.41) is -0.282. The lowest BCUT2D eigenvalue weighted by molar-refractivity contribution is -0.137. The van der Waals surface area contributed by atoms with Crippen molar-refractivity contribution < 1.29 is 26.4 Å². The Morgan fingerprint density at radius 2 is 1.75 bits per heavy atom. The number of sulfonamides is 1. The highest BCUT2D eigenvalue weighted by Gasteiger charge is 2.36. The van der Waals surface area contributed by atoms with Crippen LogP contribution >= 0.6 is 11.6 Å². The van der Waals surface area contributed by atoms with Crippen LogP contribution in [0.3, 0.4) is 0 Å². The van der Waals surface area contributed by atoms with Crippen molar-refractivity contribution in [1.82, 2.24) is 13.8 Å². The van der Waals surface area contributed by atoms with E-state index in [4.69, 9.17) is 11.6 Å². The van der Waals surface area contributed by atoms with Crippen LogP contribution in [-0.2, 0) is 23.2 Å². The van der Waals surface area contributed by atoms with E-state index in [0.29, 0.717) is 11.8 Å². The molecule has 0 bridgehead atoms. The number of carbonyl (C=O) groups is 1. The molecule has 0 spiro atoms. The maximum absolute atomic E-state index is 12.9. The van der Waals surface area contributed by atoms with E-state index in [2.05, 4.69) is 0 Å². The molecule has 1 fully saturated rings. The van der Waals surface area contributed by atoms with E-state index in [1.807, 2.05) is 0 Å². The van der Waals surface area contributed by atoms with Crippen molar-refractivity contribution in [2.24, 2.45) is 7.05 Å². The fourth-order valence-corrected chi connectivity index (χ4v) is 4.92. The monoisotopic (exact) mass is 435 g/mol. The highest BCUT2D eigenvalue weighted by Crippen LogP contribution is 2.34. The Morgan fingerprint density at radius 3 is 2.29 bits per heavy atom. The molecule has 2 heterocycles. The van der Waals surface area contributed by atoms with Gasteiger partial charge in [-0.15, -0.1) is 0 Å². The third kappa shape index (κ3) is 3.89. The Morgan fingerprint density at radius 1 is 1.11 bits per heavy atom. The molecular weight excluding hydrogens is 419 g/mol. The molecule has 11 heteroatoms. The second-order valence-electron chi connectivity index (χ2n) is 6.34. The number of aryl methyl sites for hydroxylation is 1. The Hall–Kier alpha value is -2.04. The van der Waals surface area contributed by atoms with Crippen LogP contribution in [0.2, 0.25) is 5.02 Å². The fourth-order valence-electron chi connectivity index (χ4n) is 2.99. The summed E-state index contributed by atoms with van der Waals surface area (Å²) < 4.78 is 67.2. The van der Waals surface area contributed by atoms with Gasteiger partial charge in [0.25, 0.3) is 5.91 Å². The van der Waals surface area contributed by atoms with Crippen molar-refractivity contribution >= 4 is 27.5 Å². The molecule has 0 aliphatic carbocycles. The van der Waals surface area contributed by atoms with Gasteiger partial charge >= 0.3 is 6.18 Å². The van der Waals surface area contributed by atoms with Crippen LogP contribution in [0.25, 0.3) is 0 Å². The largest absolute Gasteiger partial charge is 0.416 e. The number of benzene rings is 1. The van der Waals surface area contributed by atoms with Crippen molar-refractivity contribution in [1.29, 1.82) is 0 Å². The molecule has 0 unspecified atom stereocenters. The van der Waals surface area contributed by atoms with Gasteiger partial charge < -0.3 is 9.47 Å². The first-order valence-corrected chi connectivity index (χ1v) is 10.1. The molecule has 0 N–H and O–H groups in total. The highest BCUT2D eigenvalue weighted by atomic mass is 35.5. The van der Waals surface area contributed by atoms with Crippen LogP contribution in [0.4, 0.5) is 13.2 Å². The quantitative estimate of drug-likeness (QED) is 0.744. The second kappa shape index (κ2) is 7.41. The van der Waals surface area contributed by atoms with Crippen molar-refractivity contribution in [2.75, 3.05) is 26.2 Å². The lowest BCUT2D eigenvalue weighted by Gasteiger charge is -2.34. The lowest BCUT2D eigenvalue weighted by atomic mass is 10.2. The number of piperazine rings is 1. The summed E-state index contributed by atoms with van der Waals surface area (Å²) in [5.41, 5.74) is -0.620. The van der Waals surface area contributed by atoms with Crippen LogP contribution in [0.1, 0.15) is 16.1 Å². The molecule has 2 aromatic rings. The molecule has 6 nitrogen and oxygen atoms in total. The first-order chi connectivity index (χ1) is 13.0. The van der Waals surface area contributed by atoms with Gasteiger partial charge in [0, 0.05) is 39.4 Å². The van der Waals surface area contributed by atoms with E-state index < -0.39 is 26.7 Å². The Bertz CT molecular complexity index is 997. The molecule has 28 heavy (non-hydrogen) atoms. The van der Waals surface area contributed by atoms with Crippen molar-refractivity contribution in [3.63, 3.8) is 0 Å². The minimum atomic E-state index is -4.69. The molecule has 0 atom stereocenters. The van der Waals surface area contributed by atoms with E-state index in [9.17, 15) is 26.4 Å². The van der Waals surface area contributed by atoms with Crippen LogP contribution in [0.5, 0.6) is 0 Å². The Kier molecular flexibility index (Phi) is 5.48. The smallest absolute Gasteiger partial charge is 0.347 e. The summed E-state index contributed by atoms with van der Waals surface area (Å²) >= 11 is 5.87. The van der Waals surface area contributed by atoms with Crippen LogP contribution < -0.4 is 0 Å². The van der Waals surface area contributed by atoms with E-state index in [1.165, 1.54) is 4.90 Å². The average Bonchev–Trinajstić information content (AvgIpc) is 3.06. The highest BCUT2D eigenvalue weighted by molar-refractivity contribution is 7.89. The number of amides is 1. The first-order valence-electron chi connectivity index (χ1n) is 8.29. The maximum atomic E-state index is 12.9. The molecule has 0 saturated carbocycles. The van der Waals surface area contributed by atoms with Crippen LogP contribution in [0, 0.1) is 0 Å². The standard InChI is InChI=1S/C17H17ClF3N3O3S/c1-22-6-2-3-14(22)16(25)23-7-9-24(10-8-23)28(26,27)15-11-12(17(19,20)21)4-5-13(15)18/h2-6,11H,7-10H2,1H3. The second-order valence-corrected chi connectivity index (χ2v) is 8.66. The molecule has 1 amide bonds. The van der Waals surface area contributed by atoms with Crippen LogP contribution in [0.15, 0.2) is 41.4 Å². The Labute approximate surface area is 165 Å². The van der Waals surface area contributed by atoms with Gasteiger partial charge in [0.2, 0.25) is 10.0 Å². The molecule has 1 aromatic carbocycles. The number of aromatic nitrogens is 1. The summed E-state index contributed by atoms with van der Waals surface area (Å²) in [5.74, 6) is -0.235. The summed E-state index contributed by atoms with van der Waals surface area (Å²) in [7, 11) is -2.50. The minimum Gasteiger partial charge on any atom is -0.347 e. The zero-order valence-corrected chi connectivity index (χ0v) is 16.4. The number of nitrogens with zero attached hydrogens (tertiary/aromatic N) is 3. The van der Waals surface area contributed by atoms with E-state index in [1.54, 1.807) is 29.9 Å². The number of alkyl halides is 3. The summed E-state index contributed by atoms with van der Waals surface area (Å²) in [6, 6.07) is 5.58. The fraction of sp³-hybridized carbons (Fsp3) is 0.353. The molecule has 0 radical (unpaired) electrons. The molecular formula is C17H17ClF3N3O3S. The van der Waals surface area contributed by atoms with Gasteiger partial charge in [-0.3, -0.25) is 4.79 Å². The zero-order chi connectivity index (χ0) is 20.7. The third-order valence-corrected chi connectivity index (χ3v) is 6.95. The normalized spacial score (nSPS) is 16.4. The predicted octanol–water partition coefficient (Wildman–Crippen LogP) is 2.84. The minimum absolute atomic E-state index is 0.0366. The zero-order valence-electron chi connectivity index (χ0n) is 14.8. The third-order valence-electron chi connectivity index (χ3n) is 4.57. The lowest BCUT2D eigenvalue weighted by Crippen LogP contribution is -2.50. The maximum Gasteiger partial charge on any atom is 0.416 e. The summed E-state index contributed by atoms with van der Waals surface area (Å²) in [6.07, 6.45) is -2.96. The molecule has 1 saturated heterocycles.